The molecule has 2 unspecified atom stereocenters. The van der Waals surface area contributed by atoms with Crippen molar-refractivity contribution in [2.75, 3.05) is 6.16 Å². The molecule has 5 rings (SSSR count). The van der Waals surface area contributed by atoms with Crippen LogP contribution < -0.4 is 0 Å². The highest BCUT2D eigenvalue weighted by Gasteiger charge is 2.54. The summed E-state index contributed by atoms with van der Waals surface area (Å²) in [6.45, 7) is 8.93. The molecule has 2 aliphatic carbocycles. The van der Waals surface area contributed by atoms with E-state index < -0.39 is 0 Å². The molecular formula is C33H46NOP. The van der Waals surface area contributed by atoms with Crippen LogP contribution >= 0.6 is 7.92 Å². The summed E-state index contributed by atoms with van der Waals surface area (Å²) in [5, 5.41) is 12.0. The minimum atomic E-state index is -0.308. The van der Waals surface area contributed by atoms with Crippen LogP contribution in [0.15, 0.2) is 47.5 Å². The topological polar surface area (TPSA) is 32.6 Å². The minimum Gasteiger partial charge on any atom is -0.507 e. The van der Waals surface area contributed by atoms with E-state index in [1.807, 2.05) is 0 Å². The van der Waals surface area contributed by atoms with E-state index in [1.54, 1.807) is 0 Å². The van der Waals surface area contributed by atoms with Crippen molar-refractivity contribution >= 4 is 19.1 Å². The zero-order chi connectivity index (χ0) is 25.3. The third-order valence-corrected chi connectivity index (χ3v) is 12.4. The standard InChI is InChI=1S/C33H46NOP/c1-24-22-28(32(2,3)4)30(35)29(23-24)33(25-14-8-5-9-15-25)20-21-36(27-18-12-7-13-19-27)31(33)34-26-16-10-6-11-17-26/h6,10-11,16-17,22-23,25,27,35H,5,7-9,12-15,18-21H2,1-4H3. The van der Waals surface area contributed by atoms with Crippen LogP contribution in [0, 0.1) is 12.8 Å². The van der Waals surface area contributed by atoms with Gasteiger partial charge in [0, 0.05) is 11.0 Å². The van der Waals surface area contributed by atoms with E-state index in [0.29, 0.717) is 11.7 Å². The number of phenolic OH excluding ortho intramolecular Hbond substituents is 1. The van der Waals surface area contributed by atoms with Crippen molar-refractivity contribution in [2.24, 2.45) is 10.9 Å². The van der Waals surface area contributed by atoms with Crippen LogP contribution in [0.1, 0.15) is 108 Å². The van der Waals surface area contributed by atoms with Gasteiger partial charge in [-0.05, 0) is 79.9 Å². The summed E-state index contributed by atoms with van der Waals surface area (Å²) >= 11 is 0. The Hall–Kier alpha value is -1.66. The number of aromatic hydroxyl groups is 1. The second-order valence-electron chi connectivity index (χ2n) is 12.8. The lowest BCUT2D eigenvalue weighted by atomic mass is 9.63. The van der Waals surface area contributed by atoms with Gasteiger partial charge in [-0.25, -0.2) is 0 Å². The average molecular weight is 504 g/mol. The number of aryl methyl sites for hydroxylation is 1. The minimum absolute atomic E-state index is 0.0952. The molecule has 2 atom stereocenters. The molecule has 0 radical (unpaired) electrons. The van der Waals surface area contributed by atoms with Gasteiger partial charge in [-0.2, -0.15) is 0 Å². The highest BCUT2D eigenvalue weighted by atomic mass is 31.1. The van der Waals surface area contributed by atoms with Gasteiger partial charge >= 0.3 is 0 Å². The maximum Gasteiger partial charge on any atom is 0.123 e. The van der Waals surface area contributed by atoms with E-state index >= 15 is 0 Å². The van der Waals surface area contributed by atoms with Gasteiger partial charge in [0.05, 0.1) is 11.1 Å². The number of para-hydroxylation sites is 1. The summed E-state index contributed by atoms with van der Waals surface area (Å²) in [5.74, 6) is 1.13. The SMILES string of the molecule is Cc1cc(C(C)(C)C)c(O)c(C2(C3CCCCC3)CCP(C3CCCCC3)C2=Nc2ccccc2)c1. The van der Waals surface area contributed by atoms with Crippen molar-refractivity contribution < 1.29 is 5.11 Å². The van der Waals surface area contributed by atoms with Crippen molar-refractivity contribution in [1.29, 1.82) is 0 Å². The molecular weight excluding hydrogens is 457 g/mol. The molecule has 1 saturated heterocycles. The Kier molecular flexibility index (Phi) is 7.65. The zero-order valence-corrected chi connectivity index (χ0v) is 23.9. The molecule has 1 N–H and O–H groups in total. The normalized spacial score (nSPS) is 27.6. The molecule has 1 aliphatic heterocycles. The summed E-state index contributed by atoms with van der Waals surface area (Å²) < 4.78 is 0. The Morgan fingerprint density at radius 2 is 1.53 bits per heavy atom. The van der Waals surface area contributed by atoms with Crippen molar-refractivity contribution in [3.8, 4) is 5.75 Å². The smallest absolute Gasteiger partial charge is 0.123 e. The lowest BCUT2D eigenvalue weighted by Gasteiger charge is -2.43. The molecule has 2 nitrogen and oxygen atoms in total. The summed E-state index contributed by atoms with van der Waals surface area (Å²) in [6, 6.07) is 15.3. The maximum absolute atomic E-state index is 12.0. The Bertz CT molecular complexity index is 1070. The fraction of sp³-hybridized carbons (Fsp3) is 0.606. The van der Waals surface area contributed by atoms with Crippen molar-refractivity contribution in [3.05, 3.63) is 59.2 Å². The van der Waals surface area contributed by atoms with Crippen LogP contribution in [0.5, 0.6) is 5.75 Å². The number of hydrogen-bond acceptors (Lipinski definition) is 2. The van der Waals surface area contributed by atoms with Gasteiger partial charge in [-0.3, -0.25) is 4.99 Å². The first-order valence-electron chi connectivity index (χ1n) is 14.6. The van der Waals surface area contributed by atoms with E-state index in [-0.39, 0.29) is 18.8 Å². The maximum atomic E-state index is 12.0. The van der Waals surface area contributed by atoms with Gasteiger partial charge in [-0.1, -0.05) is 103 Å². The average Bonchev–Trinajstić information content (AvgIpc) is 3.26. The third kappa shape index (κ3) is 4.92. The first-order valence-corrected chi connectivity index (χ1v) is 16.2. The van der Waals surface area contributed by atoms with E-state index in [4.69, 9.17) is 4.99 Å². The molecule has 2 aromatic carbocycles. The van der Waals surface area contributed by atoms with Gasteiger partial charge in [-0.15, -0.1) is 0 Å². The van der Waals surface area contributed by atoms with Gasteiger partial charge in [0.15, 0.2) is 0 Å². The molecule has 2 saturated carbocycles. The second-order valence-corrected chi connectivity index (χ2v) is 15.3. The molecule has 2 aromatic rings. The first kappa shape index (κ1) is 26.0. The van der Waals surface area contributed by atoms with E-state index in [2.05, 4.69) is 70.2 Å². The molecule has 0 amide bonds. The number of phenols is 1. The van der Waals surface area contributed by atoms with Crippen LogP contribution in [0.25, 0.3) is 0 Å². The summed E-state index contributed by atoms with van der Waals surface area (Å²) in [5.41, 5.74) is 6.73. The Labute approximate surface area is 220 Å². The highest BCUT2D eigenvalue weighted by Crippen LogP contribution is 2.66. The number of rotatable bonds is 4. The van der Waals surface area contributed by atoms with Crippen molar-refractivity contribution in [3.63, 3.8) is 0 Å². The quantitative estimate of drug-likeness (QED) is 0.414. The Morgan fingerprint density at radius 3 is 2.17 bits per heavy atom. The second kappa shape index (κ2) is 10.6. The molecule has 3 fully saturated rings. The first-order chi connectivity index (χ1) is 17.3. The van der Waals surface area contributed by atoms with Gasteiger partial charge < -0.3 is 5.11 Å². The number of aliphatic imine (C=N–C) groups is 1. The van der Waals surface area contributed by atoms with Gasteiger partial charge in [0.1, 0.15) is 5.75 Å². The highest BCUT2D eigenvalue weighted by molar-refractivity contribution is 7.76. The lowest BCUT2D eigenvalue weighted by molar-refractivity contribution is 0.256. The van der Waals surface area contributed by atoms with Crippen molar-refractivity contribution in [1.82, 2.24) is 0 Å². The van der Waals surface area contributed by atoms with Crippen LogP contribution in [-0.2, 0) is 10.8 Å². The van der Waals surface area contributed by atoms with E-state index in [0.717, 1.165) is 23.3 Å². The van der Waals surface area contributed by atoms with Gasteiger partial charge in [0.25, 0.3) is 0 Å². The monoisotopic (exact) mass is 503 g/mol. The number of nitrogens with zero attached hydrogens (tertiary/aromatic N) is 1. The summed E-state index contributed by atoms with van der Waals surface area (Å²) in [7, 11) is -0.308. The molecule has 3 aliphatic rings. The number of hydrogen-bond donors (Lipinski definition) is 1. The molecule has 0 aromatic heterocycles. The summed E-state index contributed by atoms with van der Waals surface area (Å²) in [4.78, 5) is 5.62. The third-order valence-electron chi connectivity index (χ3n) is 9.27. The van der Waals surface area contributed by atoms with E-state index in [1.165, 1.54) is 86.9 Å². The van der Waals surface area contributed by atoms with Crippen LogP contribution in [0.3, 0.4) is 0 Å². The fourth-order valence-corrected chi connectivity index (χ4v) is 11.1. The summed E-state index contributed by atoms with van der Waals surface area (Å²) in [6.07, 6.45) is 15.8. The van der Waals surface area contributed by atoms with Crippen LogP contribution in [0.4, 0.5) is 5.69 Å². The molecule has 0 spiro atoms. The fourth-order valence-electron chi connectivity index (χ4n) is 7.46. The molecule has 194 valence electrons. The lowest BCUT2D eigenvalue weighted by Crippen LogP contribution is -2.41. The number of benzene rings is 2. The van der Waals surface area contributed by atoms with Crippen LogP contribution in [-0.4, -0.2) is 22.4 Å². The predicted molar refractivity (Wildman–Crippen MR) is 157 cm³/mol. The Balaban J connectivity index is 1.74. The predicted octanol–water partition coefficient (Wildman–Crippen LogP) is 9.76. The van der Waals surface area contributed by atoms with Gasteiger partial charge in [0.2, 0.25) is 0 Å². The Morgan fingerprint density at radius 1 is 0.889 bits per heavy atom. The molecule has 1 heterocycles. The largest absolute Gasteiger partial charge is 0.507 e. The molecule has 3 heteroatoms. The van der Waals surface area contributed by atoms with E-state index in [9.17, 15) is 5.11 Å². The molecule has 36 heavy (non-hydrogen) atoms. The zero-order valence-electron chi connectivity index (χ0n) is 23.0. The van der Waals surface area contributed by atoms with Crippen molar-refractivity contribution in [2.45, 2.75) is 115 Å². The molecule has 0 bridgehead atoms. The van der Waals surface area contributed by atoms with Crippen LogP contribution in [0.2, 0.25) is 0 Å².